The van der Waals surface area contributed by atoms with Crippen LogP contribution in [0.1, 0.15) is 5.56 Å². The Hall–Kier alpha value is -1.26. The zero-order chi connectivity index (χ0) is 12.4. The van der Waals surface area contributed by atoms with Crippen molar-refractivity contribution in [1.29, 1.82) is 0 Å². The summed E-state index contributed by atoms with van der Waals surface area (Å²) in [5.41, 5.74) is 0.697. The van der Waals surface area contributed by atoms with Crippen molar-refractivity contribution in [3.05, 3.63) is 34.3 Å². The lowest BCUT2D eigenvalue weighted by Crippen LogP contribution is -1.98. The van der Waals surface area contributed by atoms with Crippen molar-refractivity contribution in [1.82, 2.24) is 0 Å². The summed E-state index contributed by atoms with van der Waals surface area (Å²) in [7, 11) is 3.21. The first-order chi connectivity index (χ1) is 8.24. The molecule has 1 N–H and O–H groups in total. The lowest BCUT2D eigenvalue weighted by molar-refractivity contribution is 0.272. The molecule has 17 heavy (non-hydrogen) atoms. The summed E-state index contributed by atoms with van der Waals surface area (Å²) >= 11 is 3.45. The van der Waals surface area contributed by atoms with Crippen LogP contribution in [0.4, 0.5) is 0 Å². The van der Waals surface area contributed by atoms with Gasteiger partial charge in [-0.3, -0.25) is 0 Å². The molecular formula is C13H13BrO3. The van der Waals surface area contributed by atoms with Gasteiger partial charge in [0.05, 0.1) is 25.3 Å². The molecule has 0 aromatic heterocycles. The van der Waals surface area contributed by atoms with Crippen LogP contribution < -0.4 is 9.47 Å². The van der Waals surface area contributed by atoms with E-state index in [0.29, 0.717) is 17.1 Å². The van der Waals surface area contributed by atoms with E-state index in [2.05, 4.69) is 15.9 Å². The summed E-state index contributed by atoms with van der Waals surface area (Å²) in [5.74, 6) is 1.39. The van der Waals surface area contributed by atoms with Gasteiger partial charge in [0.1, 0.15) is 11.5 Å². The molecule has 4 heteroatoms. The molecule has 0 radical (unpaired) electrons. The minimum atomic E-state index is -0.106. The van der Waals surface area contributed by atoms with E-state index in [9.17, 15) is 5.11 Å². The molecule has 0 heterocycles. The molecule has 0 saturated carbocycles. The monoisotopic (exact) mass is 296 g/mol. The topological polar surface area (TPSA) is 38.7 Å². The lowest BCUT2D eigenvalue weighted by Gasteiger charge is -2.16. The van der Waals surface area contributed by atoms with Gasteiger partial charge in [-0.05, 0) is 15.9 Å². The molecule has 2 aromatic rings. The molecule has 2 aromatic carbocycles. The van der Waals surface area contributed by atoms with Gasteiger partial charge in [0.2, 0.25) is 0 Å². The van der Waals surface area contributed by atoms with Gasteiger partial charge in [-0.1, -0.05) is 24.3 Å². The number of rotatable bonds is 3. The fraction of sp³-hybridized carbons (Fsp3) is 0.231. The summed E-state index contributed by atoms with van der Waals surface area (Å²) in [5, 5.41) is 11.3. The number of fused-ring (bicyclic) bond motifs is 1. The van der Waals surface area contributed by atoms with E-state index >= 15 is 0 Å². The van der Waals surface area contributed by atoms with E-state index in [1.807, 2.05) is 24.3 Å². The molecule has 0 aliphatic carbocycles. The standard InChI is InChI=1S/C13H13BrO3/c1-16-12-8-5-3-4-6-9(8)13(17-2)11(14)10(12)7-15/h3-6,15H,7H2,1-2H3. The van der Waals surface area contributed by atoms with Crippen molar-refractivity contribution < 1.29 is 14.6 Å². The van der Waals surface area contributed by atoms with Crippen molar-refractivity contribution in [2.75, 3.05) is 14.2 Å². The zero-order valence-corrected chi connectivity index (χ0v) is 11.2. The Balaban J connectivity index is 2.93. The Morgan fingerprint density at radius 2 is 1.59 bits per heavy atom. The van der Waals surface area contributed by atoms with Gasteiger partial charge in [0, 0.05) is 16.3 Å². The molecule has 2 rings (SSSR count). The van der Waals surface area contributed by atoms with Crippen molar-refractivity contribution in [2.45, 2.75) is 6.61 Å². The van der Waals surface area contributed by atoms with E-state index < -0.39 is 0 Å². The number of hydrogen-bond donors (Lipinski definition) is 1. The summed E-state index contributed by atoms with van der Waals surface area (Å²) < 4.78 is 11.5. The Bertz CT molecular complexity index is 552. The highest BCUT2D eigenvalue weighted by Gasteiger charge is 2.18. The van der Waals surface area contributed by atoms with Gasteiger partial charge in [-0.25, -0.2) is 0 Å². The molecule has 0 spiro atoms. The van der Waals surface area contributed by atoms with Gasteiger partial charge in [0.15, 0.2) is 0 Å². The summed E-state index contributed by atoms with van der Waals surface area (Å²) in [6.07, 6.45) is 0. The van der Waals surface area contributed by atoms with Gasteiger partial charge in [0.25, 0.3) is 0 Å². The van der Waals surface area contributed by atoms with Crippen LogP contribution in [0.15, 0.2) is 28.7 Å². The van der Waals surface area contributed by atoms with Gasteiger partial charge in [-0.2, -0.15) is 0 Å². The molecule has 0 aliphatic heterocycles. The van der Waals surface area contributed by atoms with Crippen LogP contribution in [0.25, 0.3) is 10.8 Å². The van der Waals surface area contributed by atoms with Crippen LogP contribution in [0.3, 0.4) is 0 Å². The maximum atomic E-state index is 9.44. The number of methoxy groups -OCH3 is 2. The highest BCUT2D eigenvalue weighted by molar-refractivity contribution is 9.10. The second-order valence-corrected chi connectivity index (χ2v) is 4.36. The minimum Gasteiger partial charge on any atom is -0.496 e. The van der Waals surface area contributed by atoms with Crippen LogP contribution in [0.5, 0.6) is 11.5 Å². The number of aliphatic hydroxyl groups is 1. The normalized spacial score (nSPS) is 10.6. The molecule has 0 bridgehead atoms. The third-order valence-electron chi connectivity index (χ3n) is 2.72. The third kappa shape index (κ3) is 1.87. The number of halogens is 1. The molecule has 0 saturated heterocycles. The van der Waals surface area contributed by atoms with E-state index in [-0.39, 0.29) is 6.61 Å². The second-order valence-electron chi connectivity index (χ2n) is 3.56. The maximum absolute atomic E-state index is 9.44. The fourth-order valence-electron chi connectivity index (χ4n) is 1.97. The number of hydrogen-bond acceptors (Lipinski definition) is 3. The molecule has 3 nitrogen and oxygen atoms in total. The minimum absolute atomic E-state index is 0.106. The maximum Gasteiger partial charge on any atom is 0.141 e. The first kappa shape index (κ1) is 12.2. The molecule has 0 unspecified atom stereocenters. The van der Waals surface area contributed by atoms with Gasteiger partial charge < -0.3 is 14.6 Å². The molecule has 90 valence electrons. The van der Waals surface area contributed by atoms with Crippen LogP contribution >= 0.6 is 15.9 Å². The zero-order valence-electron chi connectivity index (χ0n) is 9.66. The Labute approximate surface area is 108 Å². The second kappa shape index (κ2) is 4.94. The average molecular weight is 297 g/mol. The number of ether oxygens (including phenoxy) is 2. The molecule has 0 atom stereocenters. The first-order valence-corrected chi connectivity index (χ1v) is 5.95. The predicted molar refractivity (Wildman–Crippen MR) is 70.7 cm³/mol. The third-order valence-corrected chi connectivity index (χ3v) is 3.56. The highest BCUT2D eigenvalue weighted by Crippen LogP contribution is 2.43. The Kier molecular flexibility index (Phi) is 3.54. The van der Waals surface area contributed by atoms with Crippen LogP contribution in [0, 0.1) is 0 Å². The van der Waals surface area contributed by atoms with Crippen molar-refractivity contribution >= 4 is 26.7 Å². The lowest BCUT2D eigenvalue weighted by atomic mass is 10.0. The Morgan fingerprint density at radius 3 is 2.06 bits per heavy atom. The molecule has 0 amide bonds. The number of aliphatic hydroxyl groups excluding tert-OH is 1. The van der Waals surface area contributed by atoms with E-state index in [0.717, 1.165) is 15.2 Å². The average Bonchev–Trinajstić information content (AvgIpc) is 2.37. The summed E-state index contributed by atoms with van der Waals surface area (Å²) in [6.45, 7) is -0.106. The van der Waals surface area contributed by atoms with Crippen LogP contribution in [-0.4, -0.2) is 19.3 Å². The predicted octanol–water partition coefficient (Wildman–Crippen LogP) is 3.11. The highest BCUT2D eigenvalue weighted by atomic mass is 79.9. The largest absolute Gasteiger partial charge is 0.496 e. The van der Waals surface area contributed by atoms with E-state index in [4.69, 9.17) is 9.47 Å². The molecular weight excluding hydrogens is 284 g/mol. The SMILES string of the molecule is COc1c(Br)c(CO)c(OC)c2ccccc12. The fourth-order valence-corrected chi connectivity index (χ4v) is 2.65. The summed E-state index contributed by atoms with van der Waals surface area (Å²) in [4.78, 5) is 0. The number of benzene rings is 2. The van der Waals surface area contributed by atoms with E-state index in [1.54, 1.807) is 14.2 Å². The van der Waals surface area contributed by atoms with Gasteiger partial charge >= 0.3 is 0 Å². The Morgan fingerprint density at radius 1 is 1.06 bits per heavy atom. The summed E-state index contributed by atoms with van der Waals surface area (Å²) in [6, 6.07) is 7.78. The quantitative estimate of drug-likeness (QED) is 0.946. The van der Waals surface area contributed by atoms with Crippen molar-refractivity contribution in [2.24, 2.45) is 0 Å². The first-order valence-electron chi connectivity index (χ1n) is 5.16. The van der Waals surface area contributed by atoms with Crippen molar-refractivity contribution in [3.8, 4) is 11.5 Å². The molecule has 0 aliphatic rings. The molecule has 0 fully saturated rings. The smallest absolute Gasteiger partial charge is 0.141 e. The van der Waals surface area contributed by atoms with Crippen molar-refractivity contribution in [3.63, 3.8) is 0 Å². The van der Waals surface area contributed by atoms with E-state index in [1.165, 1.54) is 0 Å². The van der Waals surface area contributed by atoms with Crippen LogP contribution in [-0.2, 0) is 6.61 Å². The van der Waals surface area contributed by atoms with Crippen LogP contribution in [0.2, 0.25) is 0 Å². The van der Waals surface area contributed by atoms with Gasteiger partial charge in [-0.15, -0.1) is 0 Å².